The van der Waals surface area contributed by atoms with Crippen molar-refractivity contribution >= 4 is 11.9 Å². The van der Waals surface area contributed by atoms with Gasteiger partial charge in [0, 0.05) is 0 Å². The maximum Gasteiger partial charge on any atom is 0.310 e. The first-order valence-electron chi connectivity index (χ1n) is 5.03. The van der Waals surface area contributed by atoms with Crippen molar-refractivity contribution in [3.8, 4) is 0 Å². The number of carbonyl (C=O) groups excluding carboxylic acids is 1. The molecule has 1 fully saturated rings. The lowest BCUT2D eigenvalue weighted by atomic mass is 10.1. The first kappa shape index (κ1) is 12.0. The fourth-order valence-electron chi connectivity index (χ4n) is 1.90. The number of carboxylic acid groups (broad SMARTS) is 1. The van der Waals surface area contributed by atoms with E-state index in [4.69, 9.17) is 9.84 Å². The number of rotatable bonds is 2. The maximum atomic E-state index is 11.7. The van der Waals surface area contributed by atoms with Crippen LogP contribution in [0.4, 0.5) is 0 Å². The summed E-state index contributed by atoms with van der Waals surface area (Å²) in [5, 5.41) is 8.90. The van der Waals surface area contributed by atoms with Gasteiger partial charge in [0.2, 0.25) is 0 Å². The molecule has 0 heterocycles. The fourth-order valence-corrected chi connectivity index (χ4v) is 1.90. The third kappa shape index (κ3) is 2.30. The van der Waals surface area contributed by atoms with Crippen molar-refractivity contribution in [3.05, 3.63) is 0 Å². The van der Waals surface area contributed by atoms with Crippen molar-refractivity contribution in [2.24, 2.45) is 17.3 Å². The van der Waals surface area contributed by atoms with E-state index in [1.807, 2.05) is 0 Å². The first-order valence-corrected chi connectivity index (χ1v) is 5.03. The number of aliphatic carboxylic acids is 1. The van der Waals surface area contributed by atoms with Gasteiger partial charge < -0.3 is 9.84 Å². The molecule has 86 valence electrons. The topological polar surface area (TPSA) is 63.6 Å². The molecule has 1 saturated carbocycles. The van der Waals surface area contributed by atoms with Crippen LogP contribution in [-0.4, -0.2) is 22.6 Å². The predicted octanol–water partition coefficient (Wildman–Crippen LogP) is 1.68. The molecule has 1 rings (SSSR count). The number of esters is 1. The molecule has 0 radical (unpaired) electrons. The highest BCUT2D eigenvalue weighted by Gasteiger charge is 2.67. The van der Waals surface area contributed by atoms with Crippen molar-refractivity contribution in [1.29, 1.82) is 0 Å². The molecule has 1 N–H and O–H groups in total. The van der Waals surface area contributed by atoms with Crippen LogP contribution in [0.25, 0.3) is 0 Å². The van der Waals surface area contributed by atoms with Crippen LogP contribution >= 0.6 is 0 Å². The van der Waals surface area contributed by atoms with Gasteiger partial charge >= 0.3 is 11.9 Å². The van der Waals surface area contributed by atoms with Crippen LogP contribution < -0.4 is 0 Å². The molecule has 4 nitrogen and oxygen atoms in total. The van der Waals surface area contributed by atoms with E-state index in [0.29, 0.717) is 0 Å². The van der Waals surface area contributed by atoms with Crippen LogP contribution in [0.2, 0.25) is 0 Å². The maximum absolute atomic E-state index is 11.7. The summed E-state index contributed by atoms with van der Waals surface area (Å²) in [5.41, 5.74) is -1.03. The lowest BCUT2D eigenvalue weighted by molar-refractivity contribution is -0.159. The highest BCUT2D eigenvalue weighted by Crippen LogP contribution is 2.59. The molecular weight excluding hydrogens is 196 g/mol. The Bertz CT molecular complexity index is 298. The van der Waals surface area contributed by atoms with E-state index < -0.39 is 34.8 Å². The molecular formula is C11H18O4. The van der Waals surface area contributed by atoms with Crippen molar-refractivity contribution < 1.29 is 19.4 Å². The van der Waals surface area contributed by atoms with Crippen molar-refractivity contribution in [2.75, 3.05) is 0 Å². The van der Waals surface area contributed by atoms with Gasteiger partial charge in [0.05, 0.1) is 11.8 Å². The molecule has 2 atom stereocenters. The number of ether oxygens (including phenoxy) is 1. The monoisotopic (exact) mass is 214 g/mol. The summed E-state index contributed by atoms with van der Waals surface area (Å²) in [4.78, 5) is 22.5. The zero-order valence-corrected chi connectivity index (χ0v) is 9.83. The van der Waals surface area contributed by atoms with Gasteiger partial charge in [0.25, 0.3) is 0 Å². The molecule has 15 heavy (non-hydrogen) atoms. The quantitative estimate of drug-likeness (QED) is 0.710. The highest BCUT2D eigenvalue weighted by molar-refractivity contribution is 5.88. The zero-order valence-electron chi connectivity index (χ0n) is 9.83. The largest absolute Gasteiger partial charge is 0.481 e. The van der Waals surface area contributed by atoms with Gasteiger partial charge in [-0.2, -0.15) is 0 Å². The predicted molar refractivity (Wildman–Crippen MR) is 54.2 cm³/mol. The third-order valence-corrected chi connectivity index (χ3v) is 2.75. The van der Waals surface area contributed by atoms with Gasteiger partial charge in [-0.25, -0.2) is 0 Å². The van der Waals surface area contributed by atoms with E-state index in [0.717, 1.165) is 0 Å². The first-order chi connectivity index (χ1) is 6.57. The number of hydrogen-bond acceptors (Lipinski definition) is 3. The number of carbonyl (C=O) groups is 2. The average molecular weight is 214 g/mol. The summed E-state index contributed by atoms with van der Waals surface area (Å²) in [5.74, 6) is -2.43. The van der Waals surface area contributed by atoms with Crippen LogP contribution in [0.15, 0.2) is 0 Å². The summed E-state index contributed by atoms with van der Waals surface area (Å²) < 4.78 is 5.18. The van der Waals surface area contributed by atoms with E-state index in [1.54, 1.807) is 34.6 Å². The van der Waals surface area contributed by atoms with Crippen LogP contribution in [0, 0.1) is 17.3 Å². The van der Waals surface area contributed by atoms with Gasteiger partial charge in [-0.05, 0) is 26.2 Å². The minimum Gasteiger partial charge on any atom is -0.481 e. The van der Waals surface area contributed by atoms with E-state index in [9.17, 15) is 9.59 Å². The minimum absolute atomic E-state index is 0.403. The van der Waals surface area contributed by atoms with Crippen molar-refractivity contribution in [1.82, 2.24) is 0 Å². The van der Waals surface area contributed by atoms with Gasteiger partial charge in [-0.1, -0.05) is 13.8 Å². The normalized spacial score (nSPS) is 28.3. The van der Waals surface area contributed by atoms with Gasteiger partial charge in [0.1, 0.15) is 5.60 Å². The van der Waals surface area contributed by atoms with Crippen LogP contribution in [-0.2, 0) is 14.3 Å². The van der Waals surface area contributed by atoms with Crippen LogP contribution in [0.1, 0.15) is 34.6 Å². The molecule has 0 saturated heterocycles. The third-order valence-electron chi connectivity index (χ3n) is 2.75. The number of hydrogen-bond donors (Lipinski definition) is 1. The summed E-state index contributed by atoms with van der Waals surface area (Å²) in [6.07, 6.45) is 0. The molecule has 0 bridgehead atoms. The molecule has 0 aromatic heterocycles. The molecule has 0 aromatic rings. The Morgan fingerprint density at radius 3 is 1.93 bits per heavy atom. The fraction of sp³-hybridized carbons (Fsp3) is 0.818. The lowest BCUT2D eigenvalue weighted by Crippen LogP contribution is -2.26. The number of carboxylic acids is 1. The SMILES string of the molecule is CC(C)(C)OC(=O)[C@@H]1[C@H](C(=O)O)C1(C)C. The molecule has 0 aliphatic heterocycles. The Hall–Kier alpha value is -1.06. The van der Waals surface area contributed by atoms with Gasteiger partial charge in [-0.3, -0.25) is 9.59 Å². The molecule has 4 heteroatoms. The Morgan fingerprint density at radius 2 is 1.67 bits per heavy atom. The van der Waals surface area contributed by atoms with Crippen molar-refractivity contribution in [2.45, 2.75) is 40.2 Å². The Morgan fingerprint density at radius 1 is 1.20 bits per heavy atom. The summed E-state index contributed by atoms with van der Waals surface area (Å²) in [6.45, 7) is 8.88. The van der Waals surface area contributed by atoms with E-state index in [-0.39, 0.29) is 0 Å². The summed E-state index contributed by atoms with van der Waals surface area (Å²) in [7, 11) is 0. The molecule has 1 aliphatic carbocycles. The standard InChI is InChI=1S/C11H18O4/c1-10(2,3)15-9(14)7-6(8(12)13)11(7,4)5/h6-7H,1-5H3,(H,12,13)/t6-,7+/m1/s1. The van der Waals surface area contributed by atoms with Gasteiger partial charge in [0.15, 0.2) is 0 Å². The second-order valence-electron chi connectivity index (χ2n) is 5.65. The summed E-state index contributed by atoms with van der Waals surface area (Å²) >= 11 is 0. The second kappa shape index (κ2) is 3.22. The molecule has 1 aliphatic rings. The van der Waals surface area contributed by atoms with Crippen LogP contribution in [0.3, 0.4) is 0 Å². The second-order valence-corrected chi connectivity index (χ2v) is 5.65. The highest BCUT2D eigenvalue weighted by atomic mass is 16.6. The Kier molecular flexibility index (Phi) is 2.58. The average Bonchev–Trinajstić information content (AvgIpc) is 2.49. The van der Waals surface area contributed by atoms with E-state index >= 15 is 0 Å². The van der Waals surface area contributed by atoms with Crippen LogP contribution in [0.5, 0.6) is 0 Å². The van der Waals surface area contributed by atoms with E-state index in [1.165, 1.54) is 0 Å². The van der Waals surface area contributed by atoms with Gasteiger partial charge in [-0.15, -0.1) is 0 Å². The smallest absolute Gasteiger partial charge is 0.310 e. The molecule has 0 unspecified atom stereocenters. The Balaban J connectivity index is 2.69. The molecule has 0 amide bonds. The molecule has 0 spiro atoms. The zero-order chi connectivity index (χ0) is 12.0. The van der Waals surface area contributed by atoms with E-state index in [2.05, 4.69) is 0 Å². The minimum atomic E-state index is -0.921. The summed E-state index contributed by atoms with van der Waals surface area (Å²) in [6, 6.07) is 0. The van der Waals surface area contributed by atoms with Crippen molar-refractivity contribution in [3.63, 3.8) is 0 Å². The molecule has 0 aromatic carbocycles. The Labute approximate surface area is 89.6 Å². The lowest BCUT2D eigenvalue weighted by Gasteiger charge is -2.19.